The minimum absolute atomic E-state index is 0.00484. The zero-order valence-electron chi connectivity index (χ0n) is 26.0. The molecule has 2 amide bonds. The maximum Gasteiger partial charge on any atom is 0.328 e. The number of urea groups is 1. The highest BCUT2D eigenvalue weighted by molar-refractivity contribution is 5.92. The molecule has 0 aliphatic carbocycles. The van der Waals surface area contributed by atoms with Gasteiger partial charge in [0, 0.05) is 30.6 Å². The third-order valence-electron chi connectivity index (χ3n) is 8.52. The topological polar surface area (TPSA) is 109 Å². The number of hydrogen-bond donors (Lipinski definition) is 3. The van der Waals surface area contributed by atoms with Crippen LogP contribution in [0.4, 0.5) is 10.5 Å². The van der Waals surface area contributed by atoms with Crippen LogP contribution in [0.5, 0.6) is 0 Å². The van der Waals surface area contributed by atoms with Crippen molar-refractivity contribution in [2.24, 2.45) is 0 Å². The van der Waals surface area contributed by atoms with Gasteiger partial charge in [0.1, 0.15) is 6.04 Å². The van der Waals surface area contributed by atoms with Gasteiger partial charge in [-0.3, -0.25) is 0 Å². The number of hydrogen-bond acceptors (Lipinski definition) is 7. The smallest absolute Gasteiger partial charge is 0.328 e. The van der Waals surface area contributed by atoms with Crippen LogP contribution >= 0.6 is 0 Å². The molecule has 2 aliphatic heterocycles. The van der Waals surface area contributed by atoms with Crippen molar-refractivity contribution in [1.29, 1.82) is 0 Å². The van der Waals surface area contributed by atoms with Gasteiger partial charge in [0.05, 0.1) is 25.9 Å². The number of ether oxygens (including phenoxy) is 3. The van der Waals surface area contributed by atoms with Gasteiger partial charge in [0.15, 0.2) is 6.29 Å². The Morgan fingerprint density at radius 2 is 1.62 bits per heavy atom. The minimum Gasteiger partial charge on any atom is -0.467 e. The van der Waals surface area contributed by atoms with Gasteiger partial charge in [-0.15, -0.1) is 0 Å². The van der Waals surface area contributed by atoms with Crippen molar-refractivity contribution >= 4 is 17.7 Å². The fraction of sp³-hybridized carbons (Fsp3) is 0.444. The Labute approximate surface area is 265 Å². The van der Waals surface area contributed by atoms with Crippen molar-refractivity contribution in [1.82, 2.24) is 10.2 Å². The van der Waals surface area contributed by atoms with E-state index >= 15 is 0 Å². The maximum atomic E-state index is 13.0. The average Bonchev–Trinajstić information content (AvgIpc) is 3.05. The maximum absolute atomic E-state index is 13.0. The zero-order chi connectivity index (χ0) is 31.4. The summed E-state index contributed by atoms with van der Waals surface area (Å²) in [4.78, 5) is 28.0. The Morgan fingerprint density at radius 1 is 0.889 bits per heavy atom. The Kier molecular flexibility index (Phi) is 12.0. The third kappa shape index (κ3) is 9.61. The van der Waals surface area contributed by atoms with E-state index in [1.165, 1.54) is 39.2 Å². The molecule has 9 heteroatoms. The summed E-state index contributed by atoms with van der Waals surface area (Å²) in [5.41, 5.74) is 4.15. The first-order chi connectivity index (χ1) is 22.0. The van der Waals surface area contributed by atoms with E-state index in [2.05, 4.69) is 15.5 Å². The minimum atomic E-state index is -0.840. The fourth-order valence-electron chi connectivity index (χ4n) is 6.09. The summed E-state index contributed by atoms with van der Waals surface area (Å²) in [7, 11) is 1.31. The summed E-state index contributed by atoms with van der Waals surface area (Å²) in [5.74, 6) is -0.518. The van der Waals surface area contributed by atoms with Gasteiger partial charge in [-0.1, -0.05) is 86.0 Å². The average molecular weight is 616 g/mol. The molecule has 0 spiro atoms. The second-order valence-corrected chi connectivity index (χ2v) is 11.9. The van der Waals surface area contributed by atoms with E-state index < -0.39 is 24.3 Å². The fourth-order valence-corrected chi connectivity index (χ4v) is 6.09. The number of esters is 1. The number of amides is 2. The molecular weight excluding hydrogens is 570 g/mol. The molecule has 3 aromatic rings. The predicted molar refractivity (Wildman–Crippen MR) is 172 cm³/mol. The lowest BCUT2D eigenvalue weighted by molar-refractivity contribution is -0.253. The highest BCUT2D eigenvalue weighted by Gasteiger charge is 2.33. The van der Waals surface area contributed by atoms with Crippen LogP contribution in [0.3, 0.4) is 0 Å². The highest BCUT2D eigenvalue weighted by Crippen LogP contribution is 2.38. The molecular formula is C36H45N3O6. The Balaban J connectivity index is 1.29. The van der Waals surface area contributed by atoms with Gasteiger partial charge < -0.3 is 34.9 Å². The monoisotopic (exact) mass is 615 g/mol. The van der Waals surface area contributed by atoms with Crippen LogP contribution in [0.1, 0.15) is 73.2 Å². The molecule has 0 aromatic heterocycles. The molecule has 0 saturated carbocycles. The van der Waals surface area contributed by atoms with Crippen LogP contribution in [0.25, 0.3) is 0 Å². The van der Waals surface area contributed by atoms with Crippen molar-refractivity contribution in [3.8, 4) is 0 Å². The first kappa shape index (κ1) is 32.6. The van der Waals surface area contributed by atoms with E-state index in [9.17, 15) is 14.7 Å². The first-order valence-corrected chi connectivity index (χ1v) is 16.0. The second kappa shape index (κ2) is 16.5. The van der Waals surface area contributed by atoms with Crippen molar-refractivity contribution in [3.05, 3.63) is 101 Å². The third-order valence-corrected chi connectivity index (χ3v) is 8.52. The standard InChI is InChI=1S/C36H45N3O6/c1-43-34(41)32(21-26-11-6-5-7-12-26)38-36(42)37-30-14-10-13-29(22-30)35-44-31(24-39-19-8-3-2-4-9-20-39)23-33(45-35)28-17-15-27(25-40)16-18-28/h5-7,10-18,22,31-33,35,40H,2-4,8-9,19-21,23-25H2,1H3,(H2,37,38,42)/t31-,32+,33+,35+/m1/s1. The zero-order valence-corrected chi connectivity index (χ0v) is 26.0. The Morgan fingerprint density at radius 3 is 2.33 bits per heavy atom. The lowest BCUT2D eigenvalue weighted by Gasteiger charge is -2.39. The van der Waals surface area contributed by atoms with Gasteiger partial charge in [-0.2, -0.15) is 0 Å². The summed E-state index contributed by atoms with van der Waals surface area (Å²) >= 11 is 0. The Hall–Kier alpha value is -3.76. The molecule has 0 radical (unpaired) electrons. The summed E-state index contributed by atoms with van der Waals surface area (Å²) in [6.45, 7) is 2.98. The van der Waals surface area contributed by atoms with Crippen LogP contribution < -0.4 is 10.6 Å². The molecule has 2 aliphatic rings. The number of rotatable bonds is 10. The number of aliphatic hydroxyl groups excluding tert-OH is 1. The number of likely N-dealkylation sites (tertiary alicyclic amines) is 1. The van der Waals surface area contributed by atoms with E-state index in [-0.39, 0.29) is 18.8 Å². The second-order valence-electron chi connectivity index (χ2n) is 11.9. The number of carbonyl (C=O) groups excluding carboxylic acids is 2. The quantitative estimate of drug-likeness (QED) is 0.244. The van der Waals surface area contributed by atoms with Crippen molar-refractivity contribution in [2.45, 2.75) is 76.1 Å². The summed E-state index contributed by atoms with van der Waals surface area (Å²) in [6, 6.07) is 23.4. The van der Waals surface area contributed by atoms with Crippen LogP contribution in [0, 0.1) is 0 Å². The first-order valence-electron chi connectivity index (χ1n) is 16.0. The molecule has 9 nitrogen and oxygen atoms in total. The molecule has 5 rings (SSSR count). The molecule has 3 N–H and O–H groups in total. The SMILES string of the molecule is COC(=O)[C@H](Cc1ccccc1)NC(=O)Nc1cccc([C@H]2O[C@@H](CN3CCCCCCC3)C[C@@H](c3ccc(CO)cc3)O2)c1. The van der Waals surface area contributed by atoms with E-state index in [0.717, 1.165) is 48.3 Å². The number of carbonyl (C=O) groups is 2. The molecule has 4 atom stereocenters. The van der Waals surface area contributed by atoms with Crippen LogP contribution in [0.2, 0.25) is 0 Å². The van der Waals surface area contributed by atoms with E-state index in [0.29, 0.717) is 12.1 Å². The normalized spacial score (nSPS) is 21.6. The summed E-state index contributed by atoms with van der Waals surface area (Å²) in [6.07, 6.45) is 6.44. The van der Waals surface area contributed by atoms with Crippen LogP contribution in [-0.4, -0.2) is 60.9 Å². The van der Waals surface area contributed by atoms with Gasteiger partial charge in [-0.05, 0) is 54.8 Å². The predicted octanol–water partition coefficient (Wildman–Crippen LogP) is 5.90. The van der Waals surface area contributed by atoms with Crippen molar-refractivity contribution in [3.63, 3.8) is 0 Å². The van der Waals surface area contributed by atoms with Crippen molar-refractivity contribution in [2.75, 3.05) is 32.1 Å². The Bertz CT molecular complexity index is 1360. The number of anilines is 1. The molecule has 240 valence electrons. The number of methoxy groups -OCH3 is 1. The molecule has 2 saturated heterocycles. The lowest BCUT2D eigenvalue weighted by atomic mass is 9.99. The van der Waals surface area contributed by atoms with E-state index in [1.807, 2.05) is 72.8 Å². The summed E-state index contributed by atoms with van der Waals surface area (Å²) < 4.78 is 18.1. The molecule has 45 heavy (non-hydrogen) atoms. The van der Waals surface area contributed by atoms with E-state index in [1.54, 1.807) is 6.07 Å². The largest absolute Gasteiger partial charge is 0.467 e. The molecule has 2 heterocycles. The number of nitrogens with zero attached hydrogens (tertiary/aromatic N) is 1. The summed E-state index contributed by atoms with van der Waals surface area (Å²) in [5, 5.41) is 15.1. The molecule has 0 unspecified atom stereocenters. The lowest BCUT2D eigenvalue weighted by Crippen LogP contribution is -2.45. The number of nitrogens with one attached hydrogen (secondary N) is 2. The van der Waals surface area contributed by atoms with Gasteiger partial charge in [0.25, 0.3) is 0 Å². The van der Waals surface area contributed by atoms with Crippen LogP contribution in [0.15, 0.2) is 78.9 Å². The number of aliphatic hydroxyl groups is 1. The van der Waals surface area contributed by atoms with Gasteiger partial charge >= 0.3 is 12.0 Å². The number of benzene rings is 3. The van der Waals surface area contributed by atoms with Crippen molar-refractivity contribution < 1.29 is 28.9 Å². The van der Waals surface area contributed by atoms with E-state index in [4.69, 9.17) is 14.2 Å². The van der Waals surface area contributed by atoms with Gasteiger partial charge in [-0.25, -0.2) is 9.59 Å². The molecule has 0 bridgehead atoms. The molecule has 2 fully saturated rings. The van der Waals surface area contributed by atoms with Gasteiger partial charge in [0.2, 0.25) is 0 Å². The van der Waals surface area contributed by atoms with Crippen LogP contribution in [-0.2, 0) is 32.0 Å². The molecule has 3 aromatic carbocycles. The highest BCUT2D eigenvalue weighted by atomic mass is 16.7.